The third-order valence-electron chi connectivity index (χ3n) is 9.59. The highest BCUT2D eigenvalue weighted by atomic mass is 32.2. The number of nitrogens with two attached hydrogens (primary N) is 1. The quantitative estimate of drug-likeness (QED) is 0.0180. The predicted octanol–water partition coefficient (Wildman–Crippen LogP) is 6.68. The number of pyridine rings is 1. The Hall–Kier alpha value is -8.37. The van der Waals surface area contributed by atoms with Crippen LogP contribution >= 0.6 is 11.8 Å². The van der Waals surface area contributed by atoms with Crippen molar-refractivity contribution in [3.8, 4) is 40.5 Å². The highest BCUT2D eigenvalue weighted by Gasteiger charge is 2.29. The van der Waals surface area contributed by atoms with Crippen LogP contribution in [-0.4, -0.2) is 95.0 Å². The smallest absolute Gasteiger partial charge is 0.407 e. The summed E-state index contributed by atoms with van der Waals surface area (Å²) in [4.78, 5) is 85.0. The summed E-state index contributed by atoms with van der Waals surface area (Å²) in [5, 5.41) is 30.6. The van der Waals surface area contributed by atoms with Gasteiger partial charge in [0.25, 0.3) is 0 Å². The summed E-state index contributed by atoms with van der Waals surface area (Å²) in [5.41, 5.74) is 7.86. The van der Waals surface area contributed by atoms with Gasteiger partial charge in [-0.2, -0.15) is 10.5 Å². The van der Waals surface area contributed by atoms with Crippen molar-refractivity contribution in [2.45, 2.75) is 108 Å². The first-order valence-electron chi connectivity index (χ1n) is 22.7. The predicted molar refractivity (Wildman–Crippen MR) is 268 cm³/mol. The van der Waals surface area contributed by atoms with Crippen molar-refractivity contribution in [1.82, 2.24) is 31.2 Å². The Morgan fingerprint density at radius 3 is 1.93 bits per heavy atom. The topological polar surface area (TPSA) is 309 Å². The second-order valence-corrected chi connectivity index (χ2v) is 19.0. The largest absolute Gasteiger partial charge is 0.460 e. The fraction of sp³-hybridized carbons (Fsp3) is 0.373. The van der Waals surface area contributed by atoms with Gasteiger partial charge < -0.3 is 55.1 Å². The second kappa shape index (κ2) is 26.2. The lowest BCUT2D eigenvalue weighted by Crippen LogP contribution is -2.44. The molecule has 0 aliphatic heterocycles. The Balaban J connectivity index is 1.50. The van der Waals surface area contributed by atoms with Crippen molar-refractivity contribution in [3.05, 3.63) is 102 Å². The Morgan fingerprint density at radius 1 is 0.822 bits per heavy atom. The number of carbonyl (C=O) groups excluding carboxylic acids is 6. The van der Waals surface area contributed by atoms with E-state index < -0.39 is 71.9 Å². The average Bonchev–Trinajstić information content (AvgIpc) is 3.79. The third-order valence-corrected chi connectivity index (χ3v) is 10.6. The number of aromatic nitrogens is 2. The molecule has 0 unspecified atom stereocenters. The van der Waals surface area contributed by atoms with E-state index in [0.717, 1.165) is 17.2 Å². The molecule has 4 rings (SSSR count). The van der Waals surface area contributed by atoms with Crippen molar-refractivity contribution in [2.75, 3.05) is 25.4 Å². The van der Waals surface area contributed by atoms with Gasteiger partial charge in [-0.05, 0) is 85.2 Å². The summed E-state index contributed by atoms with van der Waals surface area (Å²) in [6.07, 6.45) is -0.838. The fourth-order valence-corrected chi connectivity index (χ4v) is 7.02. The molecule has 73 heavy (non-hydrogen) atoms. The second-order valence-electron chi connectivity index (χ2n) is 18.0. The SMILES string of the molecule is C=C[C@H](NC(=O)CCNC(=O)OC(C)(C)C)C(=O)O[C@H](COC(=O)[C@H](C)NC(=O)CCNC(=O)OC(C)(C)C)C(=C)Oc1ccc(-c2c(C#N)c(N)nc(SCc3coc(-c4ccc(C)cc4)n3)c2C#N)cc1. The number of alkyl carbamates (subject to hydrolysis) is 2. The van der Waals surface area contributed by atoms with Crippen LogP contribution in [0, 0.1) is 29.6 Å². The van der Waals surface area contributed by atoms with Gasteiger partial charge in [-0.3, -0.25) is 9.59 Å². The molecule has 4 aromatic rings. The molecule has 386 valence electrons. The zero-order valence-electron chi connectivity index (χ0n) is 41.8. The molecule has 22 heteroatoms. The van der Waals surface area contributed by atoms with Gasteiger partial charge in [-0.25, -0.2) is 29.1 Å². The number of amides is 4. The number of oxazole rings is 1. The van der Waals surface area contributed by atoms with E-state index in [9.17, 15) is 39.3 Å². The molecule has 0 spiro atoms. The number of aryl methyl sites for hydroxylation is 1. The Morgan fingerprint density at radius 2 is 1.38 bits per heavy atom. The van der Waals surface area contributed by atoms with Crippen molar-refractivity contribution in [3.63, 3.8) is 0 Å². The number of esters is 2. The molecular formula is C51H59N9O12S. The van der Waals surface area contributed by atoms with Crippen LogP contribution in [0.1, 0.15) is 83.7 Å². The number of rotatable bonds is 22. The van der Waals surface area contributed by atoms with Crippen molar-refractivity contribution in [2.24, 2.45) is 0 Å². The molecule has 0 aliphatic rings. The van der Waals surface area contributed by atoms with E-state index in [2.05, 4.69) is 50.5 Å². The zero-order valence-corrected chi connectivity index (χ0v) is 42.7. The fourth-order valence-electron chi connectivity index (χ4n) is 6.15. The molecule has 0 bridgehead atoms. The minimum absolute atomic E-state index is 0.0399. The molecule has 2 aromatic carbocycles. The number of nitrogens with zero attached hydrogens (tertiary/aromatic N) is 4. The zero-order chi connectivity index (χ0) is 54.0. The number of carbonyl (C=O) groups is 6. The first-order valence-corrected chi connectivity index (χ1v) is 23.7. The molecule has 4 amide bonds. The molecule has 0 radical (unpaired) electrons. The van der Waals surface area contributed by atoms with E-state index >= 15 is 0 Å². The first-order chi connectivity index (χ1) is 34.4. The van der Waals surface area contributed by atoms with Crippen LogP contribution in [0.3, 0.4) is 0 Å². The summed E-state index contributed by atoms with van der Waals surface area (Å²) in [7, 11) is 0. The molecular weight excluding hydrogens is 963 g/mol. The lowest BCUT2D eigenvalue weighted by Gasteiger charge is -2.23. The van der Waals surface area contributed by atoms with Crippen molar-refractivity contribution in [1.29, 1.82) is 10.5 Å². The maximum atomic E-state index is 13.5. The number of nitriles is 2. The van der Waals surface area contributed by atoms with E-state index in [0.29, 0.717) is 17.1 Å². The summed E-state index contributed by atoms with van der Waals surface area (Å²) >= 11 is 1.18. The minimum Gasteiger partial charge on any atom is -0.460 e. The van der Waals surface area contributed by atoms with Crippen LogP contribution in [0.2, 0.25) is 0 Å². The van der Waals surface area contributed by atoms with E-state index in [-0.39, 0.29) is 70.7 Å². The summed E-state index contributed by atoms with van der Waals surface area (Å²) in [5.74, 6) is -2.82. The molecule has 21 nitrogen and oxygen atoms in total. The van der Waals surface area contributed by atoms with Gasteiger partial charge in [-0.15, -0.1) is 6.58 Å². The van der Waals surface area contributed by atoms with Crippen molar-refractivity contribution < 1.29 is 56.9 Å². The van der Waals surface area contributed by atoms with Crippen LogP contribution in [0.4, 0.5) is 15.4 Å². The summed E-state index contributed by atoms with van der Waals surface area (Å²) in [6, 6.07) is 15.3. The maximum Gasteiger partial charge on any atom is 0.407 e. The van der Waals surface area contributed by atoms with Gasteiger partial charge in [0, 0.05) is 42.8 Å². The van der Waals surface area contributed by atoms with Crippen LogP contribution in [0.15, 0.2) is 89.2 Å². The van der Waals surface area contributed by atoms with Crippen LogP contribution in [0.25, 0.3) is 22.6 Å². The number of thioether (sulfide) groups is 1. The number of benzene rings is 2. The number of anilines is 1. The van der Waals surface area contributed by atoms with Gasteiger partial charge in [0.2, 0.25) is 17.7 Å². The lowest BCUT2D eigenvalue weighted by molar-refractivity contribution is -0.160. The highest BCUT2D eigenvalue weighted by molar-refractivity contribution is 7.98. The molecule has 0 aliphatic carbocycles. The molecule has 0 fully saturated rings. The van der Waals surface area contributed by atoms with Crippen molar-refractivity contribution >= 4 is 53.5 Å². The minimum atomic E-state index is -1.53. The van der Waals surface area contributed by atoms with Gasteiger partial charge in [0.05, 0.1) is 11.3 Å². The third kappa shape index (κ3) is 18.4. The maximum absolute atomic E-state index is 13.5. The van der Waals surface area contributed by atoms with Gasteiger partial charge in [0.1, 0.15) is 76.2 Å². The number of hydrogen-bond donors (Lipinski definition) is 5. The van der Waals surface area contributed by atoms with Gasteiger partial charge in [0.15, 0.2) is 6.10 Å². The van der Waals surface area contributed by atoms with E-state index in [1.807, 2.05) is 37.3 Å². The van der Waals surface area contributed by atoms with Gasteiger partial charge >= 0.3 is 24.1 Å². The molecule has 2 aromatic heterocycles. The molecule has 0 saturated heterocycles. The van der Waals surface area contributed by atoms with Gasteiger partial charge in [-0.1, -0.05) is 54.2 Å². The molecule has 2 heterocycles. The lowest BCUT2D eigenvalue weighted by atomic mass is 9.97. The normalized spacial score (nSPS) is 12.2. The number of hydrogen-bond acceptors (Lipinski definition) is 18. The Labute approximate surface area is 427 Å². The Kier molecular flexibility index (Phi) is 20.5. The highest BCUT2D eigenvalue weighted by Crippen LogP contribution is 2.37. The summed E-state index contributed by atoms with van der Waals surface area (Å²) in [6.45, 7) is 20.0. The number of nitrogen functional groups attached to an aromatic ring is 1. The number of ether oxygens (including phenoxy) is 5. The standard InChI is InChI=1S/C51H59N9O12S/c1-11-38(59-41(62)21-23-56-49(66)72-51(8,9)10)47(64)70-39(27-68-46(63)30(3)57-40(61)20-22-55-48(65)71-50(5,6)7)31(4)69-35-18-16-32(17-19-35)42-36(24-52)43(54)60-45(37(42)25-53)73-28-34-26-67-44(58-34)33-14-12-29(2)13-15-33/h11-19,26,30,38-39H,1,4,20-23,27-28H2,2-3,5-10H3,(H2,54,60)(H,55,65)(H,56,66)(H,57,61)(H,59,62)/t30-,38-,39+/m0/s1. The Bertz CT molecular complexity index is 2750. The molecule has 3 atom stereocenters. The van der Waals surface area contributed by atoms with E-state index in [1.54, 1.807) is 53.7 Å². The molecule has 0 saturated carbocycles. The monoisotopic (exact) mass is 1020 g/mol. The first kappa shape index (κ1) is 57.2. The molecule has 6 N–H and O–H groups in total. The van der Waals surface area contributed by atoms with Crippen LogP contribution < -0.4 is 31.7 Å². The summed E-state index contributed by atoms with van der Waals surface area (Å²) < 4.78 is 33.1. The van der Waals surface area contributed by atoms with E-state index in [1.165, 1.54) is 37.1 Å². The van der Waals surface area contributed by atoms with E-state index in [4.69, 9.17) is 33.8 Å². The van der Waals surface area contributed by atoms with Crippen LogP contribution in [-0.2, 0) is 43.9 Å². The van der Waals surface area contributed by atoms with Crippen LogP contribution in [0.5, 0.6) is 5.75 Å². The average molecular weight is 1020 g/mol. The number of nitrogens with one attached hydrogen (secondary N) is 4.